The monoisotopic (exact) mass is 545 g/mol. The second-order valence-corrected chi connectivity index (χ2v) is 12.3. The molecule has 1 saturated heterocycles. The first kappa shape index (κ1) is 22.8. The molecule has 0 aliphatic carbocycles. The number of sulfone groups is 1. The van der Waals surface area contributed by atoms with Gasteiger partial charge in [-0.3, -0.25) is 4.79 Å². The summed E-state index contributed by atoms with van der Waals surface area (Å²) in [6.45, 7) is 0.154. The van der Waals surface area contributed by atoms with Crippen LogP contribution < -0.4 is 0 Å². The Hall–Kier alpha value is -0.490. The van der Waals surface area contributed by atoms with Crippen LogP contribution in [0, 0.1) is 0 Å². The van der Waals surface area contributed by atoms with Crippen molar-refractivity contribution in [2.75, 3.05) is 18.1 Å². The van der Waals surface area contributed by atoms with Crippen LogP contribution >= 0.6 is 31.9 Å². The quantitative estimate of drug-likeness (QED) is 0.477. The van der Waals surface area contributed by atoms with Gasteiger partial charge < -0.3 is 5.11 Å². The molecule has 1 aliphatic rings. The number of halogens is 2. The Kier molecular flexibility index (Phi) is 7.88. The molecule has 1 aromatic rings. The van der Waals surface area contributed by atoms with Gasteiger partial charge in [0, 0.05) is 28.0 Å². The molecule has 1 atom stereocenters. The average molecular weight is 547 g/mol. The third-order valence-electron chi connectivity index (χ3n) is 4.36. The molecule has 1 N–H and O–H groups in total. The van der Waals surface area contributed by atoms with Crippen LogP contribution in [-0.2, 0) is 24.7 Å². The summed E-state index contributed by atoms with van der Waals surface area (Å²) in [5.41, 5.74) is 0. The van der Waals surface area contributed by atoms with Gasteiger partial charge in [0.2, 0.25) is 10.0 Å². The number of hydrogen-bond donors (Lipinski definition) is 1. The Morgan fingerprint density at radius 1 is 1.22 bits per heavy atom. The fourth-order valence-electron chi connectivity index (χ4n) is 3.02. The molecule has 152 valence electrons. The normalized spacial score (nSPS) is 19.4. The predicted octanol–water partition coefficient (Wildman–Crippen LogP) is 3.03. The van der Waals surface area contributed by atoms with E-state index in [0.29, 0.717) is 28.2 Å². The van der Waals surface area contributed by atoms with Gasteiger partial charge in [0.05, 0.1) is 16.4 Å². The Labute approximate surface area is 176 Å². The highest BCUT2D eigenvalue weighted by Gasteiger charge is 2.39. The molecule has 1 aliphatic heterocycles. The van der Waals surface area contributed by atoms with E-state index in [1.54, 1.807) is 12.1 Å². The third kappa shape index (κ3) is 6.25. The highest BCUT2D eigenvalue weighted by atomic mass is 79.9. The molecule has 0 aromatic heterocycles. The largest absolute Gasteiger partial charge is 0.481 e. The van der Waals surface area contributed by atoms with Crippen molar-refractivity contribution in [1.29, 1.82) is 0 Å². The first-order valence-electron chi connectivity index (χ1n) is 8.42. The van der Waals surface area contributed by atoms with Gasteiger partial charge in [0.15, 0.2) is 9.84 Å². The number of carboxylic acid groups (broad SMARTS) is 1. The van der Waals surface area contributed by atoms with Crippen LogP contribution in [0.25, 0.3) is 0 Å². The van der Waals surface area contributed by atoms with Crippen LogP contribution in [0.15, 0.2) is 32.0 Å². The zero-order valence-corrected chi connectivity index (χ0v) is 19.3. The summed E-state index contributed by atoms with van der Waals surface area (Å²) in [6.07, 6.45) is 1.77. The number of unbranched alkanes of at least 4 members (excludes halogenated alkanes) is 2. The van der Waals surface area contributed by atoms with Crippen molar-refractivity contribution in [3.8, 4) is 0 Å². The summed E-state index contributed by atoms with van der Waals surface area (Å²) in [5, 5.41) is 8.70. The lowest BCUT2D eigenvalue weighted by molar-refractivity contribution is -0.137. The van der Waals surface area contributed by atoms with Gasteiger partial charge in [-0.25, -0.2) is 16.8 Å². The molecule has 0 saturated carbocycles. The SMILES string of the molecule is O=C(O)CCCCCN([C@H]1CCS(=O)(=O)C1)S(=O)(=O)c1cc(Br)ccc1Br. The molecule has 7 nitrogen and oxygen atoms in total. The second-order valence-electron chi connectivity index (χ2n) is 6.45. The van der Waals surface area contributed by atoms with Crippen LogP contribution in [-0.4, -0.2) is 56.3 Å². The van der Waals surface area contributed by atoms with E-state index in [-0.39, 0.29) is 35.8 Å². The Morgan fingerprint density at radius 2 is 1.93 bits per heavy atom. The highest BCUT2D eigenvalue weighted by Crippen LogP contribution is 2.31. The standard InChI is InChI=1S/C16H21Br2NO6S2/c17-12-5-6-14(18)15(10-12)27(24,25)19(8-3-1-2-4-16(20)21)13-7-9-26(22,23)11-13/h5-6,10,13H,1-4,7-9,11H2,(H,20,21)/t13-/m0/s1. The van der Waals surface area contributed by atoms with Gasteiger partial charge in [-0.15, -0.1) is 0 Å². The second kappa shape index (κ2) is 9.34. The highest BCUT2D eigenvalue weighted by molar-refractivity contribution is 9.11. The minimum atomic E-state index is -3.92. The molecule has 0 spiro atoms. The van der Waals surface area contributed by atoms with E-state index in [1.807, 2.05) is 0 Å². The molecule has 0 amide bonds. The minimum absolute atomic E-state index is 0.0254. The third-order valence-corrected chi connectivity index (χ3v) is 9.55. The van der Waals surface area contributed by atoms with Crippen molar-refractivity contribution in [2.24, 2.45) is 0 Å². The lowest BCUT2D eigenvalue weighted by Crippen LogP contribution is -2.41. The first-order valence-corrected chi connectivity index (χ1v) is 13.3. The number of carboxylic acids is 1. The zero-order chi connectivity index (χ0) is 20.2. The topological polar surface area (TPSA) is 109 Å². The molecule has 11 heteroatoms. The summed E-state index contributed by atoms with van der Waals surface area (Å²) in [5.74, 6) is -1.10. The number of hydrogen-bond acceptors (Lipinski definition) is 5. The van der Waals surface area contributed by atoms with Crippen LogP contribution in [0.2, 0.25) is 0 Å². The van der Waals surface area contributed by atoms with Crippen molar-refractivity contribution in [3.63, 3.8) is 0 Å². The van der Waals surface area contributed by atoms with Gasteiger partial charge in [0.1, 0.15) is 0 Å². The van der Waals surface area contributed by atoms with Gasteiger partial charge in [-0.1, -0.05) is 22.4 Å². The fourth-order valence-corrected chi connectivity index (χ4v) is 8.01. The fraction of sp³-hybridized carbons (Fsp3) is 0.562. The predicted molar refractivity (Wildman–Crippen MR) is 109 cm³/mol. The molecule has 0 unspecified atom stereocenters. The van der Waals surface area contributed by atoms with Crippen LogP contribution in [0.3, 0.4) is 0 Å². The minimum Gasteiger partial charge on any atom is -0.481 e. The Morgan fingerprint density at radius 3 is 2.52 bits per heavy atom. The van der Waals surface area contributed by atoms with Crippen LogP contribution in [0.1, 0.15) is 32.1 Å². The summed E-state index contributed by atoms with van der Waals surface area (Å²) in [7, 11) is -7.17. The molecule has 27 heavy (non-hydrogen) atoms. The molecule has 0 bridgehead atoms. The number of carbonyl (C=O) groups is 1. The van der Waals surface area contributed by atoms with Gasteiger partial charge >= 0.3 is 5.97 Å². The van der Waals surface area contributed by atoms with Crippen molar-refractivity contribution in [3.05, 3.63) is 27.1 Å². The lowest BCUT2D eigenvalue weighted by Gasteiger charge is -2.28. The smallest absolute Gasteiger partial charge is 0.303 e. The van der Waals surface area contributed by atoms with Gasteiger partial charge in [0.25, 0.3) is 0 Å². The molecular weight excluding hydrogens is 526 g/mol. The van der Waals surface area contributed by atoms with Crippen molar-refractivity contribution >= 4 is 57.7 Å². The number of nitrogens with zero attached hydrogens (tertiary/aromatic N) is 1. The molecule has 2 rings (SSSR count). The number of sulfonamides is 1. The maximum atomic E-state index is 13.3. The molecule has 1 fully saturated rings. The van der Waals surface area contributed by atoms with Crippen molar-refractivity contribution in [2.45, 2.75) is 43.0 Å². The molecule has 0 radical (unpaired) electrons. The van der Waals surface area contributed by atoms with E-state index in [9.17, 15) is 21.6 Å². The van der Waals surface area contributed by atoms with E-state index in [1.165, 1.54) is 10.4 Å². The maximum Gasteiger partial charge on any atom is 0.303 e. The van der Waals surface area contributed by atoms with Gasteiger partial charge in [-0.2, -0.15) is 4.31 Å². The summed E-state index contributed by atoms with van der Waals surface area (Å²) in [4.78, 5) is 10.7. The van der Waals surface area contributed by atoms with E-state index in [0.717, 1.165) is 0 Å². The zero-order valence-electron chi connectivity index (χ0n) is 14.5. The Balaban J connectivity index is 2.25. The summed E-state index contributed by atoms with van der Waals surface area (Å²) in [6, 6.07) is 4.21. The van der Waals surface area contributed by atoms with Crippen molar-refractivity contribution < 1.29 is 26.7 Å². The summed E-state index contributed by atoms with van der Waals surface area (Å²) >= 11 is 6.54. The van der Waals surface area contributed by atoms with E-state index in [2.05, 4.69) is 31.9 Å². The van der Waals surface area contributed by atoms with E-state index in [4.69, 9.17) is 5.11 Å². The average Bonchev–Trinajstić information content (AvgIpc) is 2.92. The van der Waals surface area contributed by atoms with Crippen LogP contribution in [0.4, 0.5) is 0 Å². The Bertz CT molecular complexity index is 901. The van der Waals surface area contributed by atoms with Crippen LogP contribution in [0.5, 0.6) is 0 Å². The maximum absolute atomic E-state index is 13.3. The molecule has 1 aromatic carbocycles. The molecular formula is C16H21Br2NO6S2. The molecule has 1 heterocycles. The lowest BCUT2D eigenvalue weighted by atomic mass is 10.2. The van der Waals surface area contributed by atoms with Gasteiger partial charge in [-0.05, 0) is 53.4 Å². The van der Waals surface area contributed by atoms with E-state index >= 15 is 0 Å². The first-order chi connectivity index (χ1) is 12.5. The number of benzene rings is 1. The van der Waals surface area contributed by atoms with Crippen molar-refractivity contribution in [1.82, 2.24) is 4.31 Å². The number of rotatable bonds is 9. The number of aliphatic carboxylic acids is 1. The summed E-state index contributed by atoms with van der Waals surface area (Å²) < 4.78 is 52.6. The van der Waals surface area contributed by atoms with E-state index < -0.39 is 31.9 Å².